The van der Waals surface area contributed by atoms with Crippen molar-refractivity contribution in [1.29, 1.82) is 0 Å². The summed E-state index contributed by atoms with van der Waals surface area (Å²) >= 11 is 3.53. The van der Waals surface area contributed by atoms with E-state index in [0.29, 0.717) is 5.92 Å². The fourth-order valence-electron chi connectivity index (χ4n) is 2.92. The van der Waals surface area contributed by atoms with E-state index in [1.807, 2.05) is 12.1 Å². The molecular weight excluding hydrogens is 317 g/mol. The second kappa shape index (κ2) is 5.96. The molecule has 1 saturated heterocycles. The van der Waals surface area contributed by atoms with Crippen molar-refractivity contribution in [2.24, 2.45) is 0 Å². The van der Waals surface area contributed by atoms with Crippen molar-refractivity contribution in [3.63, 3.8) is 0 Å². The first-order valence-electron chi connectivity index (χ1n) is 6.99. The van der Waals surface area contributed by atoms with E-state index in [1.165, 1.54) is 11.6 Å². The molecule has 2 aromatic rings. The van der Waals surface area contributed by atoms with E-state index < -0.39 is 0 Å². The number of piperidine rings is 1. The van der Waals surface area contributed by atoms with Crippen LogP contribution in [0, 0.1) is 5.82 Å². The van der Waals surface area contributed by atoms with E-state index in [9.17, 15) is 4.39 Å². The zero-order chi connectivity index (χ0) is 13.9. The van der Waals surface area contributed by atoms with Gasteiger partial charge in [0.15, 0.2) is 0 Å². The lowest BCUT2D eigenvalue weighted by molar-refractivity contribution is 0.497. The molecule has 0 bridgehead atoms. The van der Waals surface area contributed by atoms with Crippen LogP contribution in [0.25, 0.3) is 0 Å². The van der Waals surface area contributed by atoms with Crippen LogP contribution in [-0.4, -0.2) is 13.1 Å². The van der Waals surface area contributed by atoms with E-state index >= 15 is 0 Å². The van der Waals surface area contributed by atoms with Crippen LogP contribution in [0.2, 0.25) is 0 Å². The monoisotopic (exact) mass is 333 g/mol. The van der Waals surface area contributed by atoms with Gasteiger partial charge in [-0.25, -0.2) is 4.39 Å². The van der Waals surface area contributed by atoms with Gasteiger partial charge in [-0.1, -0.05) is 40.2 Å². The van der Waals surface area contributed by atoms with E-state index in [2.05, 4.69) is 45.1 Å². The zero-order valence-electron chi connectivity index (χ0n) is 11.2. The molecule has 1 heterocycles. The maximum Gasteiger partial charge on any atom is 0.146 e. The molecule has 0 amide bonds. The molecule has 104 valence electrons. The Morgan fingerprint density at radius 2 is 1.75 bits per heavy atom. The highest BCUT2D eigenvalue weighted by atomic mass is 79.9. The third-order valence-corrected chi connectivity index (χ3v) is 4.50. The van der Waals surface area contributed by atoms with E-state index in [4.69, 9.17) is 0 Å². The van der Waals surface area contributed by atoms with Gasteiger partial charge in [-0.2, -0.15) is 0 Å². The van der Waals surface area contributed by atoms with Crippen LogP contribution in [-0.2, 0) is 0 Å². The van der Waals surface area contributed by atoms with Crippen LogP contribution < -0.4 is 4.90 Å². The molecule has 0 radical (unpaired) electrons. The van der Waals surface area contributed by atoms with Crippen molar-refractivity contribution in [1.82, 2.24) is 0 Å². The third kappa shape index (κ3) is 2.88. The van der Waals surface area contributed by atoms with Gasteiger partial charge in [0.1, 0.15) is 5.82 Å². The Bertz CT molecular complexity index is 591. The fraction of sp³-hybridized carbons (Fsp3) is 0.294. The van der Waals surface area contributed by atoms with Crippen LogP contribution >= 0.6 is 15.9 Å². The summed E-state index contributed by atoms with van der Waals surface area (Å²) in [7, 11) is 0. The van der Waals surface area contributed by atoms with E-state index in [-0.39, 0.29) is 5.82 Å². The van der Waals surface area contributed by atoms with Crippen molar-refractivity contribution >= 4 is 21.6 Å². The third-order valence-electron chi connectivity index (χ3n) is 4.01. The number of nitrogens with zero attached hydrogens (tertiary/aromatic N) is 1. The summed E-state index contributed by atoms with van der Waals surface area (Å²) in [5, 5.41) is 0. The Balaban J connectivity index is 1.70. The number of halogens is 2. The highest BCUT2D eigenvalue weighted by molar-refractivity contribution is 9.10. The molecule has 20 heavy (non-hydrogen) atoms. The molecule has 0 spiro atoms. The highest BCUT2D eigenvalue weighted by Gasteiger charge is 2.22. The Labute approximate surface area is 127 Å². The van der Waals surface area contributed by atoms with Gasteiger partial charge in [0.2, 0.25) is 0 Å². The minimum Gasteiger partial charge on any atom is -0.369 e. The predicted molar refractivity (Wildman–Crippen MR) is 84.7 cm³/mol. The molecular formula is C17H17BrFN. The van der Waals surface area contributed by atoms with Gasteiger partial charge in [0, 0.05) is 17.6 Å². The van der Waals surface area contributed by atoms with Crippen molar-refractivity contribution in [2.75, 3.05) is 18.0 Å². The van der Waals surface area contributed by atoms with E-state index in [0.717, 1.165) is 36.1 Å². The molecule has 2 aromatic carbocycles. The lowest BCUT2D eigenvalue weighted by atomic mass is 9.89. The highest BCUT2D eigenvalue weighted by Crippen LogP contribution is 2.32. The van der Waals surface area contributed by atoms with Gasteiger partial charge in [-0.15, -0.1) is 0 Å². The summed E-state index contributed by atoms with van der Waals surface area (Å²) in [6, 6.07) is 15.6. The first kappa shape index (κ1) is 13.6. The van der Waals surface area contributed by atoms with Gasteiger partial charge >= 0.3 is 0 Å². The van der Waals surface area contributed by atoms with E-state index in [1.54, 1.807) is 6.07 Å². The molecule has 1 fully saturated rings. The van der Waals surface area contributed by atoms with Crippen molar-refractivity contribution in [2.45, 2.75) is 18.8 Å². The molecule has 3 heteroatoms. The molecule has 0 saturated carbocycles. The van der Waals surface area contributed by atoms with Gasteiger partial charge < -0.3 is 4.90 Å². The van der Waals surface area contributed by atoms with Crippen LogP contribution in [0.4, 0.5) is 10.1 Å². The van der Waals surface area contributed by atoms with Crippen LogP contribution in [0.1, 0.15) is 24.3 Å². The van der Waals surface area contributed by atoms with Crippen LogP contribution in [0.3, 0.4) is 0 Å². The first-order chi connectivity index (χ1) is 9.74. The second-order valence-electron chi connectivity index (χ2n) is 5.27. The van der Waals surface area contributed by atoms with Crippen molar-refractivity contribution < 1.29 is 4.39 Å². The Hall–Kier alpha value is -1.35. The van der Waals surface area contributed by atoms with Crippen LogP contribution in [0.5, 0.6) is 0 Å². The minimum absolute atomic E-state index is 0.117. The Morgan fingerprint density at radius 3 is 2.45 bits per heavy atom. The molecule has 3 rings (SSSR count). The summed E-state index contributed by atoms with van der Waals surface area (Å²) in [5.74, 6) is 0.462. The molecule has 0 N–H and O–H groups in total. The number of para-hydroxylation sites is 1. The quantitative estimate of drug-likeness (QED) is 0.749. The topological polar surface area (TPSA) is 3.24 Å². The van der Waals surface area contributed by atoms with Crippen molar-refractivity contribution in [3.05, 3.63) is 64.4 Å². The molecule has 1 aliphatic heterocycles. The fourth-order valence-corrected chi connectivity index (χ4v) is 3.34. The van der Waals surface area contributed by atoms with Crippen molar-refractivity contribution in [3.8, 4) is 0 Å². The molecule has 0 aromatic heterocycles. The normalized spacial score (nSPS) is 16.4. The summed E-state index contributed by atoms with van der Waals surface area (Å²) in [6.45, 7) is 1.83. The first-order valence-corrected chi connectivity index (χ1v) is 7.78. The molecule has 0 atom stereocenters. The number of rotatable bonds is 2. The lowest BCUT2D eigenvalue weighted by Crippen LogP contribution is -2.33. The van der Waals surface area contributed by atoms with Gasteiger partial charge in [-0.3, -0.25) is 0 Å². The number of benzene rings is 2. The van der Waals surface area contributed by atoms with Crippen LogP contribution in [0.15, 0.2) is 53.0 Å². The summed E-state index contributed by atoms with van der Waals surface area (Å²) < 4.78 is 14.9. The molecule has 1 aliphatic rings. The largest absolute Gasteiger partial charge is 0.369 e. The summed E-state index contributed by atoms with van der Waals surface area (Å²) in [6.07, 6.45) is 2.15. The average Bonchev–Trinajstić information content (AvgIpc) is 2.48. The standard InChI is InChI=1S/C17H17BrFN/c18-15-5-3-4-14(12-15)13-8-10-20(11-9-13)17-7-2-1-6-16(17)19/h1-7,12-13H,8-11H2. The SMILES string of the molecule is Fc1ccccc1N1CCC(c2cccc(Br)c2)CC1. The second-order valence-corrected chi connectivity index (χ2v) is 6.18. The average molecular weight is 334 g/mol. The number of hydrogen-bond donors (Lipinski definition) is 0. The maximum atomic E-state index is 13.8. The van der Waals surface area contributed by atoms with Gasteiger partial charge in [0.25, 0.3) is 0 Å². The Morgan fingerprint density at radius 1 is 1.00 bits per heavy atom. The Kier molecular flexibility index (Phi) is 4.06. The summed E-state index contributed by atoms with van der Waals surface area (Å²) in [5.41, 5.74) is 2.12. The molecule has 0 unspecified atom stereocenters. The number of hydrogen-bond acceptors (Lipinski definition) is 1. The lowest BCUT2D eigenvalue weighted by Gasteiger charge is -2.34. The summed E-state index contributed by atoms with van der Waals surface area (Å²) in [4.78, 5) is 2.16. The number of anilines is 1. The predicted octanol–water partition coefficient (Wildman–Crippen LogP) is 4.97. The molecule has 0 aliphatic carbocycles. The van der Waals surface area contributed by atoms with Gasteiger partial charge in [0.05, 0.1) is 5.69 Å². The minimum atomic E-state index is -0.117. The smallest absolute Gasteiger partial charge is 0.146 e. The maximum absolute atomic E-state index is 13.8. The zero-order valence-corrected chi connectivity index (χ0v) is 12.8. The van der Waals surface area contributed by atoms with Gasteiger partial charge in [-0.05, 0) is 48.6 Å². The molecule has 1 nitrogen and oxygen atoms in total.